The number of nitrogens with one attached hydrogen (secondary N) is 1. The molecule has 1 heterocycles. The second-order valence-electron chi connectivity index (χ2n) is 5.33. The van der Waals surface area contributed by atoms with Crippen molar-refractivity contribution in [3.63, 3.8) is 0 Å². The first-order chi connectivity index (χ1) is 9.85. The second-order valence-corrected chi connectivity index (χ2v) is 5.33. The van der Waals surface area contributed by atoms with Crippen molar-refractivity contribution in [1.82, 2.24) is 15.5 Å². The number of nitro groups is 1. The fourth-order valence-corrected chi connectivity index (χ4v) is 2.07. The number of non-ortho nitro benzene ring substituents is 1. The number of hydrogen-bond donors (Lipinski definition) is 1. The molecule has 0 unspecified atom stereocenters. The van der Waals surface area contributed by atoms with Gasteiger partial charge < -0.3 is 9.84 Å². The zero-order valence-corrected chi connectivity index (χ0v) is 12.5. The topological polar surface area (TPSA) is 94.1 Å². The highest BCUT2D eigenvalue weighted by atomic mass is 16.6. The fourth-order valence-electron chi connectivity index (χ4n) is 2.07. The molecule has 0 amide bonds. The van der Waals surface area contributed by atoms with Gasteiger partial charge in [0.25, 0.3) is 5.69 Å². The molecule has 0 spiro atoms. The molecule has 1 aromatic carbocycles. The first-order valence-corrected chi connectivity index (χ1v) is 6.69. The first kappa shape index (κ1) is 15.1. The lowest BCUT2D eigenvalue weighted by Crippen LogP contribution is -2.36. The molecule has 0 aliphatic heterocycles. The summed E-state index contributed by atoms with van der Waals surface area (Å²) in [4.78, 5) is 14.8. The number of aryl methyl sites for hydroxylation is 1. The molecule has 2 aromatic rings. The minimum atomic E-state index is -0.450. The van der Waals surface area contributed by atoms with Crippen LogP contribution in [0.5, 0.6) is 0 Å². The smallest absolute Gasteiger partial charge is 0.270 e. The average Bonchev–Trinajstić information content (AvgIpc) is 2.89. The minimum absolute atomic E-state index is 0.00731. The van der Waals surface area contributed by atoms with E-state index < -0.39 is 10.5 Å². The standard InChI is InChI=1S/C14H18N4O3/c1-5-15-14(3,4)13-16-12(17-21-13)11-8-10(18(19)20)7-6-9(11)2/h6-8,15H,5H2,1-4H3. The Morgan fingerprint density at radius 1 is 1.43 bits per heavy atom. The van der Waals surface area contributed by atoms with Gasteiger partial charge in [0.05, 0.1) is 10.5 Å². The summed E-state index contributed by atoms with van der Waals surface area (Å²) >= 11 is 0. The normalized spacial score (nSPS) is 11.6. The van der Waals surface area contributed by atoms with E-state index in [1.807, 2.05) is 27.7 Å². The van der Waals surface area contributed by atoms with Gasteiger partial charge in [-0.25, -0.2) is 0 Å². The maximum absolute atomic E-state index is 10.9. The van der Waals surface area contributed by atoms with E-state index in [0.29, 0.717) is 17.3 Å². The molecule has 0 radical (unpaired) electrons. The van der Waals surface area contributed by atoms with E-state index in [-0.39, 0.29) is 5.69 Å². The summed E-state index contributed by atoms with van der Waals surface area (Å²) in [6.07, 6.45) is 0. The Hall–Kier alpha value is -2.28. The summed E-state index contributed by atoms with van der Waals surface area (Å²) in [7, 11) is 0. The van der Waals surface area contributed by atoms with Crippen LogP contribution in [0.4, 0.5) is 5.69 Å². The lowest BCUT2D eigenvalue weighted by atomic mass is 10.1. The molecule has 0 saturated carbocycles. The third kappa shape index (κ3) is 3.08. The van der Waals surface area contributed by atoms with Crippen LogP contribution in [0.2, 0.25) is 0 Å². The molecule has 1 N–H and O–H groups in total. The average molecular weight is 290 g/mol. The summed E-state index contributed by atoms with van der Waals surface area (Å²) < 4.78 is 5.30. The van der Waals surface area contributed by atoms with Crippen molar-refractivity contribution in [3.8, 4) is 11.4 Å². The predicted octanol–water partition coefficient (Wildman–Crippen LogP) is 2.80. The summed E-state index contributed by atoms with van der Waals surface area (Å²) in [5, 5.41) is 18.1. The van der Waals surface area contributed by atoms with Crippen molar-refractivity contribution >= 4 is 5.69 Å². The number of aromatic nitrogens is 2. The van der Waals surface area contributed by atoms with Crippen molar-refractivity contribution in [2.24, 2.45) is 0 Å². The van der Waals surface area contributed by atoms with Gasteiger partial charge in [-0.2, -0.15) is 4.98 Å². The van der Waals surface area contributed by atoms with Crippen molar-refractivity contribution in [2.75, 3.05) is 6.54 Å². The van der Waals surface area contributed by atoms with E-state index in [1.54, 1.807) is 6.07 Å². The van der Waals surface area contributed by atoms with Gasteiger partial charge in [-0.05, 0) is 32.9 Å². The molecule has 0 bridgehead atoms. The molecule has 0 saturated heterocycles. The highest BCUT2D eigenvalue weighted by Gasteiger charge is 2.27. The zero-order valence-electron chi connectivity index (χ0n) is 12.5. The molecule has 2 rings (SSSR count). The van der Waals surface area contributed by atoms with E-state index in [9.17, 15) is 10.1 Å². The van der Waals surface area contributed by atoms with Gasteiger partial charge in [-0.1, -0.05) is 18.1 Å². The highest BCUT2D eigenvalue weighted by molar-refractivity contribution is 5.63. The molecule has 0 aliphatic rings. The number of nitro benzene ring substituents is 1. The third-order valence-electron chi connectivity index (χ3n) is 3.25. The largest absolute Gasteiger partial charge is 0.337 e. The van der Waals surface area contributed by atoms with E-state index in [2.05, 4.69) is 15.5 Å². The number of benzene rings is 1. The molecule has 0 aliphatic carbocycles. The van der Waals surface area contributed by atoms with Gasteiger partial charge in [0.1, 0.15) is 0 Å². The molecule has 0 atom stereocenters. The number of hydrogen-bond acceptors (Lipinski definition) is 6. The summed E-state index contributed by atoms with van der Waals surface area (Å²) in [5.41, 5.74) is 1.02. The maximum atomic E-state index is 10.9. The van der Waals surface area contributed by atoms with Gasteiger partial charge in [0, 0.05) is 17.7 Å². The van der Waals surface area contributed by atoms with Crippen LogP contribution in [0.25, 0.3) is 11.4 Å². The van der Waals surface area contributed by atoms with Crippen LogP contribution in [0.15, 0.2) is 22.7 Å². The predicted molar refractivity (Wildman–Crippen MR) is 77.8 cm³/mol. The van der Waals surface area contributed by atoms with Crippen LogP contribution in [-0.2, 0) is 5.54 Å². The van der Waals surface area contributed by atoms with Crippen LogP contribution >= 0.6 is 0 Å². The number of nitrogens with zero attached hydrogens (tertiary/aromatic N) is 3. The molecule has 1 aromatic heterocycles. The summed E-state index contributed by atoms with van der Waals surface area (Å²) in [5.74, 6) is 0.808. The quantitative estimate of drug-likeness (QED) is 0.672. The van der Waals surface area contributed by atoms with Crippen LogP contribution in [0, 0.1) is 17.0 Å². The molecule has 7 nitrogen and oxygen atoms in total. The molecule has 7 heteroatoms. The van der Waals surface area contributed by atoms with Gasteiger partial charge in [-0.15, -0.1) is 0 Å². The lowest BCUT2D eigenvalue weighted by molar-refractivity contribution is -0.384. The van der Waals surface area contributed by atoms with Gasteiger partial charge >= 0.3 is 0 Å². The summed E-state index contributed by atoms with van der Waals surface area (Å²) in [6.45, 7) is 8.48. The Morgan fingerprint density at radius 3 is 2.76 bits per heavy atom. The Morgan fingerprint density at radius 2 is 2.14 bits per heavy atom. The minimum Gasteiger partial charge on any atom is -0.337 e. The van der Waals surface area contributed by atoms with Gasteiger partial charge in [0.15, 0.2) is 0 Å². The van der Waals surface area contributed by atoms with Crippen molar-refractivity contribution in [3.05, 3.63) is 39.8 Å². The van der Waals surface area contributed by atoms with Gasteiger partial charge in [0.2, 0.25) is 11.7 Å². The van der Waals surface area contributed by atoms with E-state index in [0.717, 1.165) is 12.1 Å². The van der Waals surface area contributed by atoms with Crippen LogP contribution < -0.4 is 5.32 Å². The highest BCUT2D eigenvalue weighted by Crippen LogP contribution is 2.27. The SMILES string of the molecule is CCNC(C)(C)c1nc(-c2cc([N+](=O)[O-])ccc2C)no1. The fraction of sp³-hybridized carbons (Fsp3) is 0.429. The Bertz CT molecular complexity index is 664. The summed E-state index contributed by atoms with van der Waals surface area (Å²) in [6, 6.07) is 4.60. The first-order valence-electron chi connectivity index (χ1n) is 6.69. The van der Waals surface area contributed by atoms with Crippen molar-refractivity contribution in [1.29, 1.82) is 0 Å². The van der Waals surface area contributed by atoms with Crippen LogP contribution in [0.1, 0.15) is 32.2 Å². The molecule has 112 valence electrons. The maximum Gasteiger partial charge on any atom is 0.270 e. The van der Waals surface area contributed by atoms with Crippen molar-refractivity contribution < 1.29 is 9.45 Å². The third-order valence-corrected chi connectivity index (χ3v) is 3.25. The molecular weight excluding hydrogens is 272 g/mol. The van der Waals surface area contributed by atoms with Crippen molar-refractivity contribution in [2.45, 2.75) is 33.2 Å². The van der Waals surface area contributed by atoms with Gasteiger partial charge in [-0.3, -0.25) is 10.1 Å². The lowest BCUT2D eigenvalue weighted by Gasteiger charge is -2.20. The molecular formula is C14H18N4O3. The van der Waals surface area contributed by atoms with E-state index >= 15 is 0 Å². The van der Waals surface area contributed by atoms with Crippen LogP contribution in [-0.4, -0.2) is 21.6 Å². The number of rotatable bonds is 5. The zero-order chi connectivity index (χ0) is 15.6. The Labute approximate surface area is 122 Å². The Kier molecular flexibility index (Phi) is 4.04. The monoisotopic (exact) mass is 290 g/mol. The van der Waals surface area contributed by atoms with Crippen LogP contribution in [0.3, 0.4) is 0 Å². The molecule has 0 fully saturated rings. The second kappa shape index (κ2) is 5.61. The van der Waals surface area contributed by atoms with E-state index in [4.69, 9.17) is 4.52 Å². The van der Waals surface area contributed by atoms with E-state index in [1.165, 1.54) is 12.1 Å². The molecule has 21 heavy (non-hydrogen) atoms. The Balaban J connectivity index is 2.42.